The number of nitrogens with zero attached hydrogens (tertiary/aromatic N) is 3. The molecule has 0 aliphatic rings. The smallest absolute Gasteiger partial charge is 0.138 e. The summed E-state index contributed by atoms with van der Waals surface area (Å²) < 4.78 is 15.3. The number of benzene rings is 1. The van der Waals surface area contributed by atoms with Gasteiger partial charge in [0.05, 0.1) is 6.10 Å². The quantitative estimate of drug-likeness (QED) is 0.862. The van der Waals surface area contributed by atoms with Crippen molar-refractivity contribution in [2.75, 3.05) is 0 Å². The van der Waals surface area contributed by atoms with Crippen LogP contribution in [0.3, 0.4) is 0 Å². The highest BCUT2D eigenvalue weighted by molar-refractivity contribution is 14.1. The fourth-order valence-electron chi connectivity index (χ4n) is 1.56. The topological polar surface area (TPSA) is 50.9 Å². The summed E-state index contributed by atoms with van der Waals surface area (Å²) >= 11 is 2.01. The van der Waals surface area contributed by atoms with Crippen molar-refractivity contribution >= 4 is 22.6 Å². The van der Waals surface area contributed by atoms with Crippen molar-refractivity contribution in [2.24, 2.45) is 7.05 Å². The number of aliphatic hydroxyl groups is 1. The van der Waals surface area contributed by atoms with Gasteiger partial charge in [-0.15, -0.1) is 0 Å². The zero-order valence-electron chi connectivity index (χ0n) is 9.14. The Balaban J connectivity index is 2.20. The average Bonchev–Trinajstić information content (AvgIpc) is 2.64. The van der Waals surface area contributed by atoms with E-state index in [0.29, 0.717) is 21.4 Å². The van der Waals surface area contributed by atoms with Gasteiger partial charge >= 0.3 is 0 Å². The molecule has 0 amide bonds. The van der Waals surface area contributed by atoms with Gasteiger partial charge in [0.25, 0.3) is 0 Å². The molecule has 0 fully saturated rings. The van der Waals surface area contributed by atoms with Crippen LogP contribution in [0.15, 0.2) is 24.5 Å². The second-order valence-corrected chi connectivity index (χ2v) is 4.85. The highest BCUT2D eigenvalue weighted by Gasteiger charge is 2.15. The molecule has 6 heteroatoms. The van der Waals surface area contributed by atoms with Crippen molar-refractivity contribution in [3.8, 4) is 0 Å². The van der Waals surface area contributed by atoms with Crippen LogP contribution in [0.25, 0.3) is 0 Å². The number of aryl methyl sites for hydroxylation is 1. The molecule has 2 rings (SSSR count). The van der Waals surface area contributed by atoms with Crippen molar-refractivity contribution in [3.63, 3.8) is 0 Å². The van der Waals surface area contributed by atoms with Gasteiger partial charge in [0.1, 0.15) is 18.0 Å². The van der Waals surface area contributed by atoms with Crippen LogP contribution in [0.4, 0.5) is 4.39 Å². The zero-order valence-corrected chi connectivity index (χ0v) is 11.3. The molecule has 0 saturated heterocycles. The molecule has 90 valence electrons. The van der Waals surface area contributed by atoms with Crippen molar-refractivity contribution in [2.45, 2.75) is 12.5 Å². The normalized spacial score (nSPS) is 12.7. The van der Waals surface area contributed by atoms with Gasteiger partial charge in [-0.3, -0.25) is 4.68 Å². The van der Waals surface area contributed by atoms with Crippen LogP contribution >= 0.6 is 22.6 Å². The third-order valence-corrected chi connectivity index (χ3v) is 3.44. The van der Waals surface area contributed by atoms with Crippen LogP contribution in [0.5, 0.6) is 0 Å². The molecule has 0 spiro atoms. The SMILES string of the molecule is Cn1ncnc1CC(O)c1ccc(F)cc1I. The average molecular weight is 347 g/mol. The minimum absolute atomic E-state index is 0.302. The van der Waals surface area contributed by atoms with E-state index in [1.54, 1.807) is 17.8 Å². The number of rotatable bonds is 3. The van der Waals surface area contributed by atoms with E-state index in [2.05, 4.69) is 10.1 Å². The fourth-order valence-corrected chi connectivity index (χ4v) is 2.40. The highest BCUT2D eigenvalue weighted by Crippen LogP contribution is 2.23. The Kier molecular flexibility index (Phi) is 3.72. The lowest BCUT2D eigenvalue weighted by Crippen LogP contribution is -2.09. The Bertz CT molecular complexity index is 529. The summed E-state index contributed by atoms with van der Waals surface area (Å²) in [6, 6.07) is 4.34. The summed E-state index contributed by atoms with van der Waals surface area (Å²) in [6.45, 7) is 0. The lowest BCUT2D eigenvalue weighted by molar-refractivity contribution is 0.173. The molecule has 2 aromatic rings. The molecule has 1 aromatic heterocycles. The summed E-state index contributed by atoms with van der Waals surface area (Å²) in [7, 11) is 1.77. The van der Waals surface area contributed by atoms with Crippen molar-refractivity contribution in [3.05, 3.63) is 45.3 Å². The predicted molar refractivity (Wildman–Crippen MR) is 68.8 cm³/mol. The van der Waals surface area contributed by atoms with Crippen molar-refractivity contribution in [1.29, 1.82) is 0 Å². The molecule has 1 unspecified atom stereocenters. The second kappa shape index (κ2) is 5.09. The van der Waals surface area contributed by atoms with Crippen LogP contribution in [0, 0.1) is 9.39 Å². The van der Waals surface area contributed by atoms with E-state index in [-0.39, 0.29) is 5.82 Å². The van der Waals surface area contributed by atoms with Gasteiger partial charge in [-0.1, -0.05) is 6.07 Å². The Labute approximate surface area is 112 Å². The van der Waals surface area contributed by atoms with Gasteiger partial charge in [0.15, 0.2) is 0 Å². The van der Waals surface area contributed by atoms with Crippen LogP contribution in [-0.4, -0.2) is 19.9 Å². The maximum Gasteiger partial charge on any atom is 0.138 e. The molecule has 0 saturated carbocycles. The maximum atomic E-state index is 12.9. The minimum Gasteiger partial charge on any atom is -0.388 e. The van der Waals surface area contributed by atoms with E-state index >= 15 is 0 Å². The lowest BCUT2D eigenvalue weighted by Gasteiger charge is -2.12. The highest BCUT2D eigenvalue weighted by atomic mass is 127. The fraction of sp³-hybridized carbons (Fsp3) is 0.273. The zero-order chi connectivity index (χ0) is 12.4. The molecule has 1 heterocycles. The second-order valence-electron chi connectivity index (χ2n) is 3.69. The molecule has 0 radical (unpaired) electrons. The van der Waals surface area contributed by atoms with Gasteiger partial charge in [-0.2, -0.15) is 5.10 Å². The van der Waals surface area contributed by atoms with Crippen LogP contribution < -0.4 is 0 Å². The molecule has 17 heavy (non-hydrogen) atoms. The molecule has 1 atom stereocenters. The number of hydrogen-bond acceptors (Lipinski definition) is 3. The summed E-state index contributed by atoms with van der Waals surface area (Å²) in [5, 5.41) is 14.0. The van der Waals surface area contributed by atoms with E-state index in [0.717, 1.165) is 0 Å². The first-order valence-corrected chi connectivity index (χ1v) is 6.11. The largest absolute Gasteiger partial charge is 0.388 e. The molecule has 4 nitrogen and oxygen atoms in total. The Morgan fingerprint density at radius 2 is 2.29 bits per heavy atom. The van der Waals surface area contributed by atoms with E-state index in [4.69, 9.17) is 0 Å². The number of hydrogen-bond donors (Lipinski definition) is 1. The first-order chi connectivity index (χ1) is 8.08. The van der Waals surface area contributed by atoms with Crippen molar-refractivity contribution in [1.82, 2.24) is 14.8 Å². The molecule has 1 N–H and O–H groups in total. The molecule has 0 aliphatic heterocycles. The molecular weight excluding hydrogens is 336 g/mol. The van der Waals surface area contributed by atoms with Gasteiger partial charge in [-0.05, 0) is 40.3 Å². The summed E-state index contributed by atoms with van der Waals surface area (Å²) in [5.41, 5.74) is 0.704. The Hall–Kier alpha value is -1.02. The first kappa shape index (κ1) is 12.4. The molecule has 0 bridgehead atoms. The molecule has 0 aliphatic carbocycles. The van der Waals surface area contributed by atoms with E-state index < -0.39 is 6.10 Å². The van der Waals surface area contributed by atoms with Gasteiger partial charge in [0, 0.05) is 17.0 Å². The van der Waals surface area contributed by atoms with Crippen molar-refractivity contribution < 1.29 is 9.50 Å². The van der Waals surface area contributed by atoms with E-state index in [1.807, 2.05) is 22.6 Å². The van der Waals surface area contributed by atoms with Crippen LogP contribution in [0.1, 0.15) is 17.5 Å². The van der Waals surface area contributed by atoms with Crippen LogP contribution in [-0.2, 0) is 13.5 Å². The van der Waals surface area contributed by atoms with Gasteiger partial charge in [0.2, 0.25) is 0 Å². The predicted octanol–water partition coefficient (Wildman–Crippen LogP) is 1.83. The number of halogens is 2. The Morgan fingerprint density at radius 3 is 2.88 bits per heavy atom. The third kappa shape index (κ3) is 2.81. The standard InChI is InChI=1S/C11H11FIN3O/c1-16-11(14-6-15-16)5-10(17)8-3-2-7(12)4-9(8)13/h2-4,6,10,17H,5H2,1H3. The third-order valence-electron chi connectivity index (χ3n) is 2.50. The number of aliphatic hydroxyl groups excluding tert-OH is 1. The summed E-state index contributed by atoms with van der Waals surface area (Å²) in [4.78, 5) is 4.04. The Morgan fingerprint density at radius 1 is 1.53 bits per heavy atom. The molecular formula is C11H11FIN3O. The van der Waals surface area contributed by atoms with E-state index in [1.165, 1.54) is 18.5 Å². The maximum absolute atomic E-state index is 12.9. The van der Waals surface area contributed by atoms with Gasteiger partial charge < -0.3 is 5.11 Å². The van der Waals surface area contributed by atoms with Crippen LogP contribution in [0.2, 0.25) is 0 Å². The first-order valence-electron chi connectivity index (χ1n) is 5.04. The van der Waals surface area contributed by atoms with E-state index in [9.17, 15) is 9.50 Å². The summed E-state index contributed by atoms with van der Waals surface area (Å²) in [6.07, 6.45) is 1.10. The lowest BCUT2D eigenvalue weighted by atomic mass is 10.1. The number of aromatic nitrogens is 3. The molecule has 1 aromatic carbocycles. The van der Waals surface area contributed by atoms with Gasteiger partial charge in [-0.25, -0.2) is 9.37 Å². The summed E-state index contributed by atoms with van der Waals surface area (Å²) in [5.74, 6) is 0.390. The minimum atomic E-state index is -0.703. The monoisotopic (exact) mass is 347 g/mol.